The predicted molar refractivity (Wildman–Crippen MR) is 64.3 cm³/mol. The molecule has 1 aliphatic heterocycles. The summed E-state index contributed by atoms with van der Waals surface area (Å²) in [5, 5.41) is 9.07. The molecule has 1 amide bonds. The summed E-state index contributed by atoms with van der Waals surface area (Å²) in [4.78, 5) is 24.3. The summed E-state index contributed by atoms with van der Waals surface area (Å²) in [6.07, 6.45) is 2.04. The van der Waals surface area contributed by atoms with Crippen LogP contribution in [0.2, 0.25) is 0 Å². The van der Waals surface area contributed by atoms with Crippen LogP contribution in [0.25, 0.3) is 0 Å². The predicted octanol–water partition coefficient (Wildman–Crippen LogP) is 0.504. The lowest BCUT2D eigenvalue weighted by atomic mass is 10.2. The lowest BCUT2D eigenvalue weighted by molar-refractivity contribution is -0.150. The summed E-state index contributed by atoms with van der Waals surface area (Å²) in [5.41, 5.74) is 0. The van der Waals surface area contributed by atoms with E-state index in [0.717, 1.165) is 12.8 Å². The summed E-state index contributed by atoms with van der Waals surface area (Å²) in [7, 11) is 1.52. The Labute approximate surface area is 107 Å². The van der Waals surface area contributed by atoms with E-state index in [1.807, 2.05) is 6.92 Å². The third kappa shape index (κ3) is 3.96. The average molecular weight is 259 g/mol. The number of aliphatic carboxylic acids is 1. The fourth-order valence-electron chi connectivity index (χ4n) is 1.97. The first kappa shape index (κ1) is 14.9. The van der Waals surface area contributed by atoms with Crippen molar-refractivity contribution in [2.24, 2.45) is 0 Å². The van der Waals surface area contributed by atoms with Gasteiger partial charge >= 0.3 is 5.97 Å². The summed E-state index contributed by atoms with van der Waals surface area (Å²) >= 11 is 0. The van der Waals surface area contributed by atoms with Gasteiger partial charge in [-0.1, -0.05) is 13.3 Å². The first-order valence-electron chi connectivity index (χ1n) is 6.23. The highest BCUT2D eigenvalue weighted by Crippen LogP contribution is 2.20. The highest BCUT2D eigenvalue weighted by molar-refractivity contribution is 5.85. The zero-order valence-corrected chi connectivity index (χ0v) is 10.9. The third-order valence-corrected chi connectivity index (χ3v) is 3.07. The monoisotopic (exact) mass is 259 g/mol. The number of rotatable bonds is 7. The van der Waals surface area contributed by atoms with Gasteiger partial charge in [-0.05, 0) is 6.42 Å². The molecule has 1 aliphatic rings. The molecular weight excluding hydrogens is 238 g/mol. The van der Waals surface area contributed by atoms with Gasteiger partial charge in [0, 0.05) is 26.7 Å². The number of methoxy groups -OCH3 is 1. The number of carbonyl (C=O) groups excluding carboxylic acids is 1. The number of nitrogens with zero attached hydrogens (tertiary/aromatic N) is 1. The first-order valence-corrected chi connectivity index (χ1v) is 6.23. The Morgan fingerprint density at radius 3 is 2.72 bits per heavy atom. The van der Waals surface area contributed by atoms with Gasteiger partial charge in [0.2, 0.25) is 5.91 Å². The van der Waals surface area contributed by atoms with Crippen molar-refractivity contribution >= 4 is 11.9 Å². The van der Waals surface area contributed by atoms with Gasteiger partial charge in [0.1, 0.15) is 12.6 Å². The van der Waals surface area contributed by atoms with E-state index in [4.69, 9.17) is 14.6 Å². The highest BCUT2D eigenvalue weighted by Gasteiger charge is 2.39. The minimum absolute atomic E-state index is 0.0553. The fraction of sp³-hybridized carbons (Fsp3) is 0.833. The molecule has 0 spiro atoms. The van der Waals surface area contributed by atoms with Crippen molar-refractivity contribution in [3.63, 3.8) is 0 Å². The molecule has 0 aromatic heterocycles. The molecule has 2 atom stereocenters. The maximum Gasteiger partial charge on any atom is 0.326 e. The van der Waals surface area contributed by atoms with Crippen LogP contribution in [0.5, 0.6) is 0 Å². The van der Waals surface area contributed by atoms with Crippen LogP contribution in [-0.2, 0) is 19.1 Å². The zero-order valence-electron chi connectivity index (χ0n) is 10.9. The van der Waals surface area contributed by atoms with Gasteiger partial charge in [-0.15, -0.1) is 0 Å². The van der Waals surface area contributed by atoms with Crippen LogP contribution < -0.4 is 0 Å². The number of carboxylic acid groups (broad SMARTS) is 1. The molecule has 0 aromatic rings. The van der Waals surface area contributed by atoms with Crippen molar-refractivity contribution < 1.29 is 24.2 Å². The molecule has 0 saturated carbocycles. The molecule has 2 unspecified atom stereocenters. The molecule has 1 fully saturated rings. The summed E-state index contributed by atoms with van der Waals surface area (Å²) in [6, 6.07) is -0.794. The summed E-state index contributed by atoms with van der Waals surface area (Å²) < 4.78 is 10.3. The van der Waals surface area contributed by atoms with E-state index >= 15 is 0 Å². The van der Waals surface area contributed by atoms with Crippen molar-refractivity contribution in [2.75, 3.05) is 26.9 Å². The molecule has 1 N–H and O–H groups in total. The number of carboxylic acids is 1. The molecular formula is C12H21NO5. The molecule has 0 bridgehead atoms. The Hall–Kier alpha value is -1.14. The van der Waals surface area contributed by atoms with Gasteiger partial charge in [0.05, 0.1) is 6.10 Å². The molecule has 6 nitrogen and oxygen atoms in total. The lowest BCUT2D eigenvalue weighted by Crippen LogP contribution is -2.42. The van der Waals surface area contributed by atoms with Gasteiger partial charge in [0.15, 0.2) is 0 Å². The minimum atomic E-state index is -0.989. The van der Waals surface area contributed by atoms with Crippen LogP contribution in [0.3, 0.4) is 0 Å². The largest absolute Gasteiger partial charge is 0.480 e. The second-order valence-electron chi connectivity index (χ2n) is 4.40. The Bertz CT molecular complexity index is 294. The normalized spacial score (nSPS) is 23.3. The van der Waals surface area contributed by atoms with Crippen molar-refractivity contribution in [1.82, 2.24) is 4.90 Å². The van der Waals surface area contributed by atoms with Crippen molar-refractivity contribution in [1.29, 1.82) is 0 Å². The van der Waals surface area contributed by atoms with Gasteiger partial charge in [-0.2, -0.15) is 0 Å². The molecule has 1 rings (SSSR count). The van der Waals surface area contributed by atoms with Crippen molar-refractivity contribution in [3.05, 3.63) is 0 Å². The van der Waals surface area contributed by atoms with Gasteiger partial charge in [0.25, 0.3) is 0 Å². The number of hydrogen-bond donors (Lipinski definition) is 1. The Morgan fingerprint density at radius 2 is 2.17 bits per heavy atom. The van der Waals surface area contributed by atoms with Crippen molar-refractivity contribution in [3.8, 4) is 0 Å². The number of amides is 1. The zero-order chi connectivity index (χ0) is 13.5. The number of hydrogen-bond acceptors (Lipinski definition) is 4. The van der Waals surface area contributed by atoms with E-state index in [1.54, 1.807) is 0 Å². The molecule has 18 heavy (non-hydrogen) atoms. The van der Waals surface area contributed by atoms with Gasteiger partial charge < -0.3 is 19.5 Å². The van der Waals surface area contributed by atoms with E-state index < -0.39 is 12.0 Å². The smallest absolute Gasteiger partial charge is 0.326 e. The molecule has 104 valence electrons. The number of ether oxygens (including phenoxy) is 2. The highest BCUT2D eigenvalue weighted by atomic mass is 16.5. The maximum absolute atomic E-state index is 11.9. The fourth-order valence-corrected chi connectivity index (χ4v) is 1.97. The second-order valence-corrected chi connectivity index (χ2v) is 4.40. The lowest BCUT2D eigenvalue weighted by Gasteiger charge is -2.21. The van der Waals surface area contributed by atoms with Crippen LogP contribution in [0.15, 0.2) is 0 Å². The van der Waals surface area contributed by atoms with Crippen LogP contribution in [0.1, 0.15) is 26.2 Å². The number of unbranched alkanes of at least 4 members (excludes halogenated alkanes) is 1. The van der Waals surface area contributed by atoms with Crippen molar-refractivity contribution in [2.45, 2.75) is 38.3 Å². The van der Waals surface area contributed by atoms with Gasteiger partial charge in [-0.3, -0.25) is 4.79 Å². The van der Waals surface area contributed by atoms with E-state index in [9.17, 15) is 9.59 Å². The van der Waals surface area contributed by atoms with E-state index in [-0.39, 0.29) is 18.6 Å². The molecule has 6 heteroatoms. The Kier molecular flexibility index (Phi) is 6.07. The minimum Gasteiger partial charge on any atom is -0.480 e. The quantitative estimate of drug-likeness (QED) is 0.674. The molecule has 1 saturated heterocycles. The molecule has 0 aliphatic carbocycles. The summed E-state index contributed by atoms with van der Waals surface area (Å²) in [5.74, 6) is -1.27. The number of likely N-dealkylation sites (tertiary alicyclic amines) is 1. The van der Waals surface area contributed by atoms with E-state index in [1.165, 1.54) is 12.0 Å². The van der Waals surface area contributed by atoms with Crippen LogP contribution in [-0.4, -0.2) is 60.9 Å². The molecule has 0 aromatic carbocycles. The maximum atomic E-state index is 11.9. The topological polar surface area (TPSA) is 76.1 Å². The van der Waals surface area contributed by atoms with E-state index in [0.29, 0.717) is 19.6 Å². The molecule has 0 radical (unpaired) electrons. The second kappa shape index (κ2) is 7.33. The summed E-state index contributed by atoms with van der Waals surface area (Å²) in [6.45, 7) is 2.83. The standard InChI is InChI=1S/C12H21NO5/c1-3-4-5-18-8-11(14)13-7-9(17-2)6-10(13)12(15)16/h9-10H,3-8H2,1-2H3,(H,15,16). The number of carbonyl (C=O) groups is 2. The van der Waals surface area contributed by atoms with Crippen LogP contribution >= 0.6 is 0 Å². The van der Waals surface area contributed by atoms with Crippen LogP contribution in [0.4, 0.5) is 0 Å². The SMILES string of the molecule is CCCCOCC(=O)N1CC(OC)CC1C(=O)O. The van der Waals surface area contributed by atoms with Crippen LogP contribution in [0, 0.1) is 0 Å². The first-order chi connectivity index (χ1) is 8.60. The Morgan fingerprint density at radius 1 is 1.44 bits per heavy atom. The van der Waals surface area contributed by atoms with Gasteiger partial charge in [-0.25, -0.2) is 4.79 Å². The Balaban J connectivity index is 2.46. The molecule has 1 heterocycles. The average Bonchev–Trinajstić information content (AvgIpc) is 2.78. The van der Waals surface area contributed by atoms with E-state index in [2.05, 4.69) is 0 Å². The third-order valence-electron chi connectivity index (χ3n) is 3.07.